The molecule has 1 aliphatic rings. The molecule has 0 aromatic carbocycles. The van der Waals surface area contributed by atoms with Crippen LogP contribution in [0, 0.1) is 0 Å². The van der Waals surface area contributed by atoms with Crippen molar-refractivity contribution in [2.75, 3.05) is 0 Å². The molecule has 7 heteroatoms. The van der Waals surface area contributed by atoms with Crippen molar-refractivity contribution in [2.45, 2.75) is 70.6 Å². The second-order valence-electron chi connectivity index (χ2n) is 7.03. The minimum absolute atomic E-state index is 0.244. The molecule has 2 unspecified atom stereocenters. The third-order valence-corrected chi connectivity index (χ3v) is 5.08. The topological polar surface area (TPSA) is 74.3 Å². The van der Waals surface area contributed by atoms with Crippen molar-refractivity contribution >= 4 is 11.2 Å². The highest BCUT2D eigenvalue weighted by Gasteiger charge is 2.36. The molecule has 0 aliphatic carbocycles. The molecule has 7 nitrogen and oxygen atoms in total. The van der Waals surface area contributed by atoms with Gasteiger partial charge >= 0.3 is 5.69 Å². The van der Waals surface area contributed by atoms with Crippen LogP contribution in [0.2, 0.25) is 0 Å². The number of aromatic nitrogens is 4. The first-order valence-corrected chi connectivity index (χ1v) is 9.31. The standard InChI is InChI=1S/C18H28N4O3/c1-4-9-13-14(25-13)10-7-5-6-8-11-22-17(23)15-16(19-12-20(15)2)21(3)18(22)24/h12-14H,4-11H2,1-3H3. The fourth-order valence-electron chi connectivity index (χ4n) is 3.53. The van der Waals surface area contributed by atoms with Gasteiger partial charge in [-0.3, -0.25) is 13.9 Å². The smallest absolute Gasteiger partial charge is 0.332 e. The van der Waals surface area contributed by atoms with Crippen molar-refractivity contribution in [3.05, 3.63) is 27.2 Å². The molecule has 1 saturated heterocycles. The zero-order valence-corrected chi connectivity index (χ0v) is 15.4. The first-order chi connectivity index (χ1) is 12.0. The van der Waals surface area contributed by atoms with Crippen LogP contribution in [0.25, 0.3) is 11.2 Å². The molecule has 0 saturated carbocycles. The summed E-state index contributed by atoms with van der Waals surface area (Å²) in [6, 6.07) is 0. The Kier molecular flexibility index (Phi) is 5.42. The van der Waals surface area contributed by atoms with Crippen LogP contribution in [0.3, 0.4) is 0 Å². The van der Waals surface area contributed by atoms with E-state index in [0.717, 1.165) is 32.1 Å². The fourth-order valence-corrected chi connectivity index (χ4v) is 3.53. The monoisotopic (exact) mass is 348 g/mol. The Morgan fingerprint density at radius 3 is 2.56 bits per heavy atom. The van der Waals surface area contributed by atoms with Crippen LogP contribution in [-0.4, -0.2) is 30.9 Å². The molecule has 0 bridgehead atoms. The molecule has 1 aliphatic heterocycles. The lowest BCUT2D eigenvalue weighted by Gasteiger charge is -2.08. The summed E-state index contributed by atoms with van der Waals surface area (Å²) in [5.41, 5.74) is 0.395. The van der Waals surface area contributed by atoms with Gasteiger partial charge in [0, 0.05) is 20.6 Å². The Morgan fingerprint density at radius 2 is 1.80 bits per heavy atom. The molecule has 0 N–H and O–H groups in total. The largest absolute Gasteiger partial charge is 0.370 e. The van der Waals surface area contributed by atoms with Gasteiger partial charge in [0.25, 0.3) is 5.56 Å². The van der Waals surface area contributed by atoms with Crippen molar-refractivity contribution in [1.29, 1.82) is 0 Å². The number of fused-ring (bicyclic) bond motifs is 1. The summed E-state index contributed by atoms with van der Waals surface area (Å²) in [5, 5.41) is 0. The highest BCUT2D eigenvalue weighted by molar-refractivity contribution is 5.69. The van der Waals surface area contributed by atoms with Crippen LogP contribution in [0.4, 0.5) is 0 Å². The van der Waals surface area contributed by atoms with E-state index >= 15 is 0 Å². The van der Waals surface area contributed by atoms with E-state index in [9.17, 15) is 9.59 Å². The molecule has 1 fully saturated rings. The molecule has 2 aromatic heterocycles. The molecule has 3 rings (SSSR count). The number of epoxide rings is 1. The first-order valence-electron chi connectivity index (χ1n) is 9.31. The number of hydrogen-bond donors (Lipinski definition) is 0. The third kappa shape index (κ3) is 3.71. The molecule has 0 amide bonds. The van der Waals surface area contributed by atoms with Crippen LogP contribution < -0.4 is 11.2 Å². The average Bonchev–Trinajstić information content (AvgIpc) is 3.21. The van der Waals surface area contributed by atoms with Gasteiger partial charge in [-0.25, -0.2) is 9.78 Å². The van der Waals surface area contributed by atoms with Gasteiger partial charge in [0.2, 0.25) is 0 Å². The Bertz CT molecular complexity index is 848. The van der Waals surface area contributed by atoms with Crippen molar-refractivity contribution in [1.82, 2.24) is 18.7 Å². The van der Waals surface area contributed by atoms with Gasteiger partial charge in [-0.1, -0.05) is 32.6 Å². The van der Waals surface area contributed by atoms with Gasteiger partial charge in [-0.05, 0) is 19.3 Å². The van der Waals surface area contributed by atoms with Gasteiger partial charge in [0.1, 0.15) is 0 Å². The van der Waals surface area contributed by atoms with Crippen molar-refractivity contribution in [3.8, 4) is 0 Å². The summed E-state index contributed by atoms with van der Waals surface area (Å²) in [6.07, 6.45) is 10.2. The molecule has 0 radical (unpaired) electrons. The Morgan fingerprint density at radius 1 is 1.08 bits per heavy atom. The summed E-state index contributed by atoms with van der Waals surface area (Å²) >= 11 is 0. The first kappa shape index (κ1) is 17.9. The highest BCUT2D eigenvalue weighted by Crippen LogP contribution is 2.30. The molecule has 25 heavy (non-hydrogen) atoms. The van der Waals surface area contributed by atoms with Crippen molar-refractivity contribution in [3.63, 3.8) is 0 Å². The van der Waals surface area contributed by atoms with Crippen LogP contribution >= 0.6 is 0 Å². The summed E-state index contributed by atoms with van der Waals surface area (Å²) < 4.78 is 10.1. The summed E-state index contributed by atoms with van der Waals surface area (Å²) in [7, 11) is 3.44. The Hall–Kier alpha value is -1.89. The summed E-state index contributed by atoms with van der Waals surface area (Å²) in [6.45, 7) is 2.65. The predicted molar refractivity (Wildman–Crippen MR) is 96.9 cm³/mol. The molecule has 2 aromatic rings. The number of imidazole rings is 1. The van der Waals surface area contributed by atoms with Crippen molar-refractivity contribution in [2.24, 2.45) is 14.1 Å². The zero-order valence-electron chi connectivity index (χ0n) is 15.4. The van der Waals surface area contributed by atoms with Gasteiger partial charge in [-0.15, -0.1) is 0 Å². The SMILES string of the molecule is CCCC1OC1CCCCCCn1c(=O)c2c(ncn2C)n(C)c1=O. The Balaban J connectivity index is 1.51. The highest BCUT2D eigenvalue weighted by atomic mass is 16.6. The summed E-state index contributed by atoms with van der Waals surface area (Å²) in [4.78, 5) is 29.1. The Labute approximate surface area is 147 Å². The maximum absolute atomic E-state index is 12.6. The van der Waals surface area contributed by atoms with Gasteiger partial charge in [-0.2, -0.15) is 0 Å². The molecule has 2 atom stereocenters. The van der Waals surface area contributed by atoms with E-state index in [0.29, 0.717) is 29.9 Å². The maximum atomic E-state index is 12.6. The molecular weight excluding hydrogens is 320 g/mol. The molecule has 0 spiro atoms. The van der Waals surface area contributed by atoms with E-state index in [1.54, 1.807) is 25.0 Å². The second-order valence-corrected chi connectivity index (χ2v) is 7.03. The van der Waals surface area contributed by atoms with Gasteiger partial charge < -0.3 is 9.30 Å². The van der Waals surface area contributed by atoms with Crippen LogP contribution in [0.1, 0.15) is 51.9 Å². The maximum Gasteiger partial charge on any atom is 0.332 e. The second kappa shape index (κ2) is 7.56. The average molecular weight is 348 g/mol. The number of unbranched alkanes of at least 4 members (excludes halogenated alkanes) is 3. The molecule has 3 heterocycles. The van der Waals surface area contributed by atoms with E-state index < -0.39 is 0 Å². The van der Waals surface area contributed by atoms with Crippen LogP contribution in [0.5, 0.6) is 0 Å². The van der Waals surface area contributed by atoms with E-state index in [-0.39, 0.29) is 11.2 Å². The number of aryl methyl sites for hydroxylation is 2. The number of rotatable bonds is 9. The lowest BCUT2D eigenvalue weighted by atomic mass is 10.1. The molecule has 138 valence electrons. The number of nitrogens with zero attached hydrogens (tertiary/aromatic N) is 4. The van der Waals surface area contributed by atoms with E-state index in [1.165, 1.54) is 22.0 Å². The number of hydrogen-bond acceptors (Lipinski definition) is 4. The number of ether oxygens (including phenoxy) is 1. The van der Waals surface area contributed by atoms with E-state index in [4.69, 9.17) is 4.74 Å². The van der Waals surface area contributed by atoms with Crippen LogP contribution in [0.15, 0.2) is 15.9 Å². The van der Waals surface area contributed by atoms with E-state index in [1.807, 2.05) is 0 Å². The fraction of sp³-hybridized carbons (Fsp3) is 0.722. The van der Waals surface area contributed by atoms with E-state index in [2.05, 4.69) is 11.9 Å². The third-order valence-electron chi connectivity index (χ3n) is 5.08. The lowest BCUT2D eigenvalue weighted by molar-refractivity contribution is 0.350. The normalized spacial score (nSPS) is 19.6. The predicted octanol–water partition coefficient (Wildman–Crippen LogP) is 1.95. The van der Waals surface area contributed by atoms with Crippen LogP contribution in [-0.2, 0) is 25.4 Å². The van der Waals surface area contributed by atoms with Gasteiger partial charge in [0.05, 0.1) is 18.5 Å². The minimum atomic E-state index is -0.287. The zero-order chi connectivity index (χ0) is 18.0. The molecular formula is C18H28N4O3. The minimum Gasteiger partial charge on any atom is -0.370 e. The van der Waals surface area contributed by atoms with Gasteiger partial charge in [0.15, 0.2) is 11.2 Å². The van der Waals surface area contributed by atoms with Crippen molar-refractivity contribution < 1.29 is 4.74 Å². The lowest BCUT2D eigenvalue weighted by Crippen LogP contribution is -2.39. The quantitative estimate of drug-likeness (QED) is 0.513. The summed E-state index contributed by atoms with van der Waals surface area (Å²) in [5.74, 6) is 0.